The van der Waals surface area contributed by atoms with Crippen LogP contribution in [0.2, 0.25) is 0 Å². The van der Waals surface area contributed by atoms with E-state index in [9.17, 15) is 5.11 Å². The highest BCUT2D eigenvalue weighted by Gasteiger charge is 2.48. The molecule has 0 aromatic heterocycles. The number of hydrogen-bond donors (Lipinski definition) is 1. The predicted octanol–water partition coefficient (Wildman–Crippen LogP) is 3.23. The van der Waals surface area contributed by atoms with Gasteiger partial charge in [0.25, 0.3) is 0 Å². The molecular weight excluding hydrogens is 244 g/mol. The molecule has 0 aromatic carbocycles. The third-order valence-electron chi connectivity index (χ3n) is 5.43. The van der Waals surface area contributed by atoms with Crippen LogP contribution in [-0.2, 0) is 4.74 Å². The molecule has 18 heavy (non-hydrogen) atoms. The molecular formula is C15H26O2S. The number of ether oxygens (including phenoxy) is 1. The zero-order valence-electron chi connectivity index (χ0n) is 11.5. The van der Waals surface area contributed by atoms with Crippen LogP contribution in [0.1, 0.15) is 51.9 Å². The molecule has 3 unspecified atom stereocenters. The number of hydrogen-bond acceptors (Lipinski definition) is 3. The van der Waals surface area contributed by atoms with Gasteiger partial charge in [-0.25, -0.2) is 0 Å². The fraction of sp³-hybridized carbons (Fsp3) is 1.00. The molecule has 3 rings (SSSR count). The first-order valence-corrected chi connectivity index (χ1v) is 8.72. The van der Waals surface area contributed by atoms with Crippen molar-refractivity contribution in [1.82, 2.24) is 0 Å². The average Bonchev–Trinajstić information content (AvgIpc) is 2.72. The van der Waals surface area contributed by atoms with Gasteiger partial charge in [-0.05, 0) is 68.3 Å². The Morgan fingerprint density at radius 2 is 1.89 bits per heavy atom. The lowest BCUT2D eigenvalue weighted by atomic mass is 9.73. The van der Waals surface area contributed by atoms with Crippen LogP contribution in [0.25, 0.3) is 0 Å². The minimum Gasteiger partial charge on any atom is -0.390 e. The SMILES string of the molecule is CC1CCC(O)(C2CCOC3(CCSCC3)C2)C1. The summed E-state index contributed by atoms with van der Waals surface area (Å²) in [5.41, 5.74) is -0.253. The van der Waals surface area contributed by atoms with E-state index in [1.54, 1.807) is 0 Å². The van der Waals surface area contributed by atoms with E-state index in [-0.39, 0.29) is 11.2 Å². The van der Waals surface area contributed by atoms with E-state index in [2.05, 4.69) is 18.7 Å². The molecule has 1 N–H and O–H groups in total. The van der Waals surface area contributed by atoms with Gasteiger partial charge in [-0.2, -0.15) is 11.8 Å². The zero-order valence-corrected chi connectivity index (χ0v) is 12.3. The first-order valence-electron chi connectivity index (χ1n) is 7.56. The molecule has 3 heteroatoms. The van der Waals surface area contributed by atoms with E-state index in [0.29, 0.717) is 11.8 Å². The third-order valence-corrected chi connectivity index (χ3v) is 6.41. The number of aliphatic hydroxyl groups is 1. The van der Waals surface area contributed by atoms with Crippen LogP contribution in [0.5, 0.6) is 0 Å². The summed E-state index contributed by atoms with van der Waals surface area (Å²) in [5.74, 6) is 3.67. The third kappa shape index (κ3) is 2.46. The number of rotatable bonds is 1. The van der Waals surface area contributed by atoms with E-state index < -0.39 is 0 Å². The molecule has 2 saturated heterocycles. The van der Waals surface area contributed by atoms with Crippen molar-refractivity contribution in [2.24, 2.45) is 11.8 Å². The van der Waals surface area contributed by atoms with Crippen LogP contribution in [0.3, 0.4) is 0 Å². The lowest BCUT2D eigenvalue weighted by molar-refractivity contribution is -0.145. The summed E-state index contributed by atoms with van der Waals surface area (Å²) in [6, 6.07) is 0. The molecule has 2 nitrogen and oxygen atoms in total. The van der Waals surface area contributed by atoms with Gasteiger partial charge in [0.05, 0.1) is 11.2 Å². The molecule has 0 aromatic rings. The minimum absolute atomic E-state index is 0.121. The van der Waals surface area contributed by atoms with Crippen molar-refractivity contribution in [3.8, 4) is 0 Å². The van der Waals surface area contributed by atoms with E-state index in [0.717, 1.165) is 32.3 Å². The Balaban J connectivity index is 1.70. The molecule has 3 fully saturated rings. The Labute approximate surface area is 115 Å². The highest BCUT2D eigenvalue weighted by molar-refractivity contribution is 7.99. The summed E-state index contributed by atoms with van der Waals surface area (Å²) in [6.07, 6.45) is 7.80. The van der Waals surface area contributed by atoms with Crippen molar-refractivity contribution in [3.63, 3.8) is 0 Å². The fourth-order valence-electron chi connectivity index (χ4n) is 4.25. The summed E-state index contributed by atoms with van der Waals surface area (Å²) in [5, 5.41) is 10.9. The second kappa shape index (κ2) is 4.99. The van der Waals surface area contributed by atoms with Crippen molar-refractivity contribution in [2.75, 3.05) is 18.1 Å². The molecule has 2 aliphatic heterocycles. The summed E-state index contributed by atoms with van der Waals surface area (Å²) >= 11 is 2.05. The first-order chi connectivity index (χ1) is 8.62. The molecule has 1 saturated carbocycles. The summed E-state index contributed by atoms with van der Waals surface area (Å²) in [4.78, 5) is 0. The van der Waals surface area contributed by atoms with Gasteiger partial charge >= 0.3 is 0 Å². The highest BCUT2D eigenvalue weighted by Crippen LogP contribution is 2.48. The largest absolute Gasteiger partial charge is 0.390 e. The molecule has 0 amide bonds. The van der Waals surface area contributed by atoms with Gasteiger partial charge in [-0.3, -0.25) is 0 Å². The number of thioether (sulfide) groups is 1. The summed E-state index contributed by atoms with van der Waals surface area (Å²) in [6.45, 7) is 3.15. The van der Waals surface area contributed by atoms with Crippen LogP contribution < -0.4 is 0 Å². The standard InChI is InChI=1S/C15H26O2S/c1-12-2-4-15(16,10-12)13-3-7-17-14(11-13)5-8-18-9-6-14/h12-13,16H,2-11H2,1H3. The maximum Gasteiger partial charge on any atom is 0.0702 e. The Kier molecular flexibility index (Phi) is 3.68. The van der Waals surface area contributed by atoms with Crippen molar-refractivity contribution in [2.45, 2.75) is 63.1 Å². The Bertz CT molecular complexity index is 295. The van der Waals surface area contributed by atoms with Crippen molar-refractivity contribution in [3.05, 3.63) is 0 Å². The van der Waals surface area contributed by atoms with Gasteiger partial charge < -0.3 is 9.84 Å². The van der Waals surface area contributed by atoms with Gasteiger partial charge in [-0.1, -0.05) is 6.92 Å². The minimum atomic E-state index is -0.374. The lowest BCUT2D eigenvalue weighted by Crippen LogP contribution is -2.49. The van der Waals surface area contributed by atoms with Crippen molar-refractivity contribution in [1.29, 1.82) is 0 Å². The quantitative estimate of drug-likeness (QED) is 0.793. The Morgan fingerprint density at radius 3 is 2.56 bits per heavy atom. The second-order valence-electron chi connectivity index (χ2n) is 6.79. The molecule has 0 bridgehead atoms. The van der Waals surface area contributed by atoms with Gasteiger partial charge in [0, 0.05) is 6.61 Å². The topological polar surface area (TPSA) is 29.5 Å². The molecule has 1 spiro atoms. The molecule has 104 valence electrons. The van der Waals surface area contributed by atoms with Gasteiger partial charge in [0.1, 0.15) is 0 Å². The highest BCUT2D eigenvalue weighted by atomic mass is 32.2. The van der Waals surface area contributed by atoms with Gasteiger partial charge in [0.15, 0.2) is 0 Å². The zero-order chi connectivity index (χ0) is 12.6. The monoisotopic (exact) mass is 270 g/mol. The van der Waals surface area contributed by atoms with E-state index >= 15 is 0 Å². The molecule has 1 aliphatic carbocycles. The van der Waals surface area contributed by atoms with E-state index in [4.69, 9.17) is 4.74 Å². The van der Waals surface area contributed by atoms with Crippen LogP contribution in [0, 0.1) is 11.8 Å². The predicted molar refractivity (Wildman–Crippen MR) is 75.9 cm³/mol. The molecule has 2 heterocycles. The van der Waals surface area contributed by atoms with Gasteiger partial charge in [0.2, 0.25) is 0 Å². The Hall–Kier alpha value is 0.270. The molecule has 3 atom stereocenters. The maximum atomic E-state index is 10.9. The maximum absolute atomic E-state index is 10.9. The molecule has 3 aliphatic rings. The average molecular weight is 270 g/mol. The second-order valence-corrected chi connectivity index (χ2v) is 8.01. The smallest absolute Gasteiger partial charge is 0.0702 e. The van der Waals surface area contributed by atoms with Crippen molar-refractivity contribution < 1.29 is 9.84 Å². The van der Waals surface area contributed by atoms with Crippen LogP contribution in [-0.4, -0.2) is 34.4 Å². The summed E-state index contributed by atoms with van der Waals surface area (Å²) in [7, 11) is 0. The van der Waals surface area contributed by atoms with Crippen LogP contribution in [0.15, 0.2) is 0 Å². The van der Waals surface area contributed by atoms with Crippen molar-refractivity contribution >= 4 is 11.8 Å². The fourth-order valence-corrected chi connectivity index (χ4v) is 5.49. The molecule has 0 radical (unpaired) electrons. The van der Waals surface area contributed by atoms with Crippen LogP contribution in [0.4, 0.5) is 0 Å². The normalized spacial score (nSPS) is 44.3. The van der Waals surface area contributed by atoms with Crippen LogP contribution >= 0.6 is 11.8 Å². The summed E-state index contributed by atoms with van der Waals surface area (Å²) < 4.78 is 6.14. The van der Waals surface area contributed by atoms with E-state index in [1.807, 2.05) is 0 Å². The van der Waals surface area contributed by atoms with E-state index in [1.165, 1.54) is 30.8 Å². The Morgan fingerprint density at radius 1 is 1.11 bits per heavy atom. The van der Waals surface area contributed by atoms with Gasteiger partial charge in [-0.15, -0.1) is 0 Å². The first kappa shape index (κ1) is 13.3. The lowest BCUT2D eigenvalue weighted by Gasteiger charge is -2.47.